The Bertz CT molecular complexity index is 988. The molecule has 2 aliphatic rings. The second-order valence-corrected chi connectivity index (χ2v) is 12.8. The smallest absolute Gasteiger partial charge is 0.254 e. The van der Waals surface area contributed by atoms with Crippen molar-refractivity contribution < 1.29 is 23.2 Å². The highest BCUT2D eigenvalue weighted by Gasteiger charge is 2.41. The number of rotatable bonds is 8. The molecule has 0 aliphatic carbocycles. The summed E-state index contributed by atoms with van der Waals surface area (Å²) in [5, 5.41) is 6.48. The van der Waals surface area contributed by atoms with Crippen LogP contribution in [0.3, 0.4) is 0 Å². The summed E-state index contributed by atoms with van der Waals surface area (Å²) < 4.78 is 28.9. The summed E-state index contributed by atoms with van der Waals surface area (Å²) in [4.78, 5) is 14.9. The normalized spacial score (nSPS) is 22.6. The summed E-state index contributed by atoms with van der Waals surface area (Å²) >= 11 is 6.65. The molecular formula is C26H39ClN2O5S. The first-order chi connectivity index (χ1) is 16.3. The van der Waals surface area contributed by atoms with E-state index in [0.717, 1.165) is 35.3 Å². The first-order valence-electron chi connectivity index (χ1n) is 12.1. The second-order valence-electron chi connectivity index (χ2n) is 10.7. The van der Waals surface area contributed by atoms with Gasteiger partial charge in [-0.25, -0.2) is 4.21 Å². The number of hydrogen-bond acceptors (Lipinski definition) is 5. The van der Waals surface area contributed by atoms with Crippen LogP contribution >= 0.6 is 11.6 Å². The molecule has 2 fully saturated rings. The van der Waals surface area contributed by atoms with Gasteiger partial charge < -0.3 is 19.1 Å². The molecule has 1 amide bonds. The van der Waals surface area contributed by atoms with E-state index in [4.69, 9.17) is 31.0 Å². The van der Waals surface area contributed by atoms with Gasteiger partial charge in [0.2, 0.25) is 0 Å². The Morgan fingerprint density at radius 1 is 1.37 bits per heavy atom. The third-order valence-electron chi connectivity index (χ3n) is 7.14. The van der Waals surface area contributed by atoms with Gasteiger partial charge in [-0.15, -0.1) is 0 Å². The number of nitrogens with two attached hydrogens (primary N) is 1. The average Bonchev–Trinajstić information content (AvgIpc) is 3.16. The summed E-state index contributed by atoms with van der Waals surface area (Å²) in [6.45, 7) is 14.9. The maximum atomic E-state index is 13.0. The Morgan fingerprint density at radius 3 is 2.49 bits per heavy atom. The molecule has 2 saturated heterocycles. The average molecular weight is 527 g/mol. The number of allylic oxidation sites excluding steroid dienone is 1. The number of methoxy groups -OCH3 is 1. The lowest BCUT2D eigenvalue weighted by Gasteiger charge is -2.39. The zero-order valence-electron chi connectivity index (χ0n) is 21.7. The number of piperidine rings is 1. The van der Waals surface area contributed by atoms with E-state index in [2.05, 4.69) is 6.58 Å². The largest absolute Gasteiger partial charge is 0.496 e. The molecule has 3 atom stereocenters. The fraction of sp³-hybridized carbons (Fsp3) is 0.654. The van der Waals surface area contributed by atoms with Crippen molar-refractivity contribution in [3.63, 3.8) is 0 Å². The van der Waals surface area contributed by atoms with Crippen molar-refractivity contribution in [1.82, 2.24) is 4.90 Å². The fourth-order valence-electron chi connectivity index (χ4n) is 5.04. The maximum absolute atomic E-state index is 13.0. The van der Waals surface area contributed by atoms with Crippen molar-refractivity contribution in [1.29, 1.82) is 0 Å². The Labute approximate surface area is 216 Å². The van der Waals surface area contributed by atoms with Crippen molar-refractivity contribution >= 4 is 34.1 Å². The maximum Gasteiger partial charge on any atom is 0.254 e. The topological polar surface area (TPSA) is 91.1 Å². The first kappa shape index (κ1) is 28.1. The molecule has 196 valence electrons. The molecule has 7 nitrogen and oxygen atoms in total. The van der Waals surface area contributed by atoms with E-state index in [0.29, 0.717) is 24.5 Å². The van der Waals surface area contributed by atoms with Gasteiger partial charge in [-0.1, -0.05) is 18.2 Å². The molecule has 0 radical (unpaired) electrons. The first-order valence-corrected chi connectivity index (χ1v) is 13.6. The van der Waals surface area contributed by atoms with Crippen molar-refractivity contribution in [2.45, 2.75) is 76.4 Å². The second kappa shape index (κ2) is 10.9. The molecule has 0 saturated carbocycles. The van der Waals surface area contributed by atoms with Crippen LogP contribution in [-0.4, -0.2) is 58.5 Å². The molecule has 9 heteroatoms. The quantitative estimate of drug-likeness (QED) is 0.532. The van der Waals surface area contributed by atoms with Crippen molar-refractivity contribution in [3.05, 3.63) is 34.9 Å². The summed E-state index contributed by atoms with van der Waals surface area (Å²) in [5.41, 5.74) is 2.67. The Kier molecular flexibility index (Phi) is 8.75. The molecule has 2 heterocycles. The van der Waals surface area contributed by atoms with Crippen LogP contribution in [0.1, 0.15) is 70.9 Å². The summed E-state index contributed by atoms with van der Waals surface area (Å²) in [5.74, 6) is 0.207. The third-order valence-corrected chi connectivity index (χ3v) is 8.71. The number of halogens is 1. The Hall–Kier alpha value is -1.45. The molecule has 2 N–H and O–H groups in total. The Morgan fingerprint density at radius 2 is 2.00 bits per heavy atom. The third kappa shape index (κ3) is 6.46. The monoisotopic (exact) mass is 526 g/mol. The lowest BCUT2D eigenvalue weighted by Crippen LogP contribution is -2.46. The van der Waals surface area contributed by atoms with Crippen LogP contribution in [0.5, 0.6) is 5.75 Å². The molecule has 0 aromatic heterocycles. The van der Waals surface area contributed by atoms with Gasteiger partial charge in [0.05, 0.1) is 29.4 Å². The molecule has 35 heavy (non-hydrogen) atoms. The van der Waals surface area contributed by atoms with E-state index in [-0.39, 0.29) is 24.3 Å². The molecule has 2 aliphatic heterocycles. The van der Waals surface area contributed by atoms with Crippen LogP contribution in [-0.2, 0) is 25.3 Å². The van der Waals surface area contributed by atoms with E-state index in [1.807, 2.05) is 51.7 Å². The van der Waals surface area contributed by atoms with Crippen LogP contribution in [0.2, 0.25) is 5.02 Å². The van der Waals surface area contributed by atoms with E-state index in [1.54, 1.807) is 7.11 Å². The SMILES string of the molecule is C=C(C)c1cc(OC)c([C@H](CC(C)(C)S(N)=O)C2CCN(C(=O)[C@H]3COC(C)(C)O3)CC2)cc1Cl. The van der Waals surface area contributed by atoms with Gasteiger partial charge in [-0.2, -0.15) is 0 Å². The van der Waals surface area contributed by atoms with Gasteiger partial charge >= 0.3 is 0 Å². The van der Waals surface area contributed by atoms with Gasteiger partial charge in [0.1, 0.15) is 5.75 Å². The fourth-order valence-corrected chi connectivity index (χ4v) is 5.72. The van der Waals surface area contributed by atoms with Crippen LogP contribution in [0, 0.1) is 5.92 Å². The number of carbonyl (C=O) groups excluding carboxylic acids is 1. The molecule has 0 spiro atoms. The van der Waals surface area contributed by atoms with E-state index >= 15 is 0 Å². The van der Waals surface area contributed by atoms with Crippen LogP contribution in [0.25, 0.3) is 5.57 Å². The number of benzene rings is 1. The zero-order valence-corrected chi connectivity index (χ0v) is 23.3. The zero-order chi connectivity index (χ0) is 26.1. The van der Waals surface area contributed by atoms with Crippen LogP contribution < -0.4 is 9.88 Å². The highest BCUT2D eigenvalue weighted by Crippen LogP contribution is 2.45. The van der Waals surface area contributed by atoms with Crippen molar-refractivity contribution in [2.24, 2.45) is 11.1 Å². The minimum absolute atomic E-state index is 0.00590. The van der Waals surface area contributed by atoms with E-state index in [1.165, 1.54) is 0 Å². The number of ether oxygens (including phenoxy) is 3. The summed E-state index contributed by atoms with van der Waals surface area (Å²) in [6, 6.07) is 3.88. The minimum Gasteiger partial charge on any atom is -0.496 e. The molecule has 3 rings (SSSR count). The molecular weight excluding hydrogens is 488 g/mol. The van der Waals surface area contributed by atoms with Crippen LogP contribution in [0.4, 0.5) is 0 Å². The number of hydrogen-bond donors (Lipinski definition) is 1. The molecule has 1 unspecified atom stereocenters. The van der Waals surface area contributed by atoms with Gasteiger partial charge in [0, 0.05) is 18.1 Å². The predicted molar refractivity (Wildman–Crippen MR) is 141 cm³/mol. The van der Waals surface area contributed by atoms with Gasteiger partial charge in [0.15, 0.2) is 11.9 Å². The number of likely N-dealkylation sites (tertiary alicyclic amines) is 1. The molecule has 0 bridgehead atoms. The van der Waals surface area contributed by atoms with Gasteiger partial charge in [-0.05, 0) is 94.5 Å². The summed E-state index contributed by atoms with van der Waals surface area (Å²) in [7, 11) is 0.137. The lowest BCUT2D eigenvalue weighted by molar-refractivity contribution is -0.161. The van der Waals surface area contributed by atoms with E-state index < -0.39 is 27.6 Å². The van der Waals surface area contributed by atoms with Gasteiger partial charge in [-0.3, -0.25) is 9.93 Å². The standard InChI is InChI=1S/C26H39ClN2O5S/c1-16(2)18-13-22(32-7)19(12-21(18)27)20(14-25(3,4)35(28)31)17-8-10-29(11-9-17)24(30)23-15-33-26(5,6)34-23/h12-13,17,20,23H,1,8-11,14-15,28H2,2-7H3/t20-,23-,35?/m1/s1. The highest BCUT2D eigenvalue weighted by atomic mass is 35.5. The number of amides is 1. The molecule has 1 aromatic rings. The number of nitrogens with zero attached hydrogens (tertiary/aromatic N) is 1. The predicted octanol–water partition coefficient (Wildman–Crippen LogP) is 4.65. The van der Waals surface area contributed by atoms with E-state index in [9.17, 15) is 9.00 Å². The molecule has 1 aromatic carbocycles. The Balaban J connectivity index is 1.86. The van der Waals surface area contributed by atoms with Crippen LogP contribution in [0.15, 0.2) is 18.7 Å². The highest BCUT2D eigenvalue weighted by molar-refractivity contribution is 7.84. The number of carbonyl (C=O) groups is 1. The minimum atomic E-state index is -1.51. The van der Waals surface area contributed by atoms with Crippen molar-refractivity contribution in [3.8, 4) is 5.75 Å². The van der Waals surface area contributed by atoms with Crippen molar-refractivity contribution in [2.75, 3.05) is 26.8 Å². The van der Waals surface area contributed by atoms with Gasteiger partial charge in [0.25, 0.3) is 5.91 Å². The lowest BCUT2D eigenvalue weighted by atomic mass is 9.75. The summed E-state index contributed by atoms with van der Waals surface area (Å²) in [6.07, 6.45) is 1.62.